The van der Waals surface area contributed by atoms with Gasteiger partial charge in [0.25, 0.3) is 6.43 Å². The number of halogens is 3. The van der Waals surface area contributed by atoms with E-state index in [-0.39, 0.29) is 27.2 Å². The minimum atomic E-state index is -2.87. The van der Waals surface area contributed by atoms with Crippen LogP contribution in [0.4, 0.5) is 14.5 Å². The number of hydrogen-bond acceptors (Lipinski definition) is 5. The second-order valence-corrected chi connectivity index (χ2v) is 9.66. The van der Waals surface area contributed by atoms with Crippen molar-refractivity contribution in [3.05, 3.63) is 76.6 Å². The summed E-state index contributed by atoms with van der Waals surface area (Å²) in [6.07, 6.45) is -0.649. The van der Waals surface area contributed by atoms with Crippen molar-refractivity contribution in [1.29, 1.82) is 0 Å². The van der Waals surface area contributed by atoms with E-state index in [1.807, 2.05) is 30.3 Å². The van der Waals surface area contributed by atoms with Crippen molar-refractivity contribution in [3.63, 3.8) is 0 Å². The van der Waals surface area contributed by atoms with Gasteiger partial charge in [-0.1, -0.05) is 53.7 Å². The minimum absolute atomic E-state index is 0.0139. The third-order valence-electron chi connectivity index (χ3n) is 5.87. The van der Waals surface area contributed by atoms with E-state index in [1.165, 1.54) is 28.3 Å². The van der Waals surface area contributed by atoms with Crippen molar-refractivity contribution in [2.24, 2.45) is 0 Å². The maximum absolute atomic E-state index is 13.9. The van der Waals surface area contributed by atoms with Crippen molar-refractivity contribution in [2.45, 2.75) is 30.3 Å². The van der Waals surface area contributed by atoms with Gasteiger partial charge in [-0.25, -0.2) is 13.6 Å². The second kappa shape index (κ2) is 9.87. The maximum Gasteiger partial charge on any atom is 0.335 e. The third-order valence-corrected chi connectivity index (χ3v) is 7.11. The predicted molar refractivity (Wildman–Crippen MR) is 134 cm³/mol. The number of thioether (sulfide) groups is 1. The molecule has 0 saturated heterocycles. The Balaban J connectivity index is 1.42. The lowest BCUT2D eigenvalue weighted by molar-refractivity contribution is -0.113. The summed E-state index contributed by atoms with van der Waals surface area (Å²) in [5.74, 6) is -1.79. The number of carboxylic acids is 1. The Hall–Kier alpha value is -3.50. The molecule has 1 saturated carbocycles. The second-order valence-electron chi connectivity index (χ2n) is 8.31. The summed E-state index contributed by atoms with van der Waals surface area (Å²) in [7, 11) is 0. The summed E-state index contributed by atoms with van der Waals surface area (Å²) in [6.45, 7) is 0. The van der Waals surface area contributed by atoms with E-state index in [0.29, 0.717) is 11.6 Å². The number of carbonyl (C=O) groups excluding carboxylic acids is 1. The number of hydrogen-bond donors (Lipinski definition) is 2. The summed E-state index contributed by atoms with van der Waals surface area (Å²) < 4.78 is 29.1. The average Bonchev–Trinajstić information content (AvgIpc) is 3.61. The molecule has 1 fully saturated rings. The number of benzene rings is 3. The fourth-order valence-electron chi connectivity index (χ4n) is 4.06. The van der Waals surface area contributed by atoms with E-state index < -0.39 is 24.1 Å². The molecule has 4 aromatic rings. The zero-order valence-corrected chi connectivity index (χ0v) is 20.2. The average molecular weight is 529 g/mol. The van der Waals surface area contributed by atoms with Gasteiger partial charge in [0.1, 0.15) is 0 Å². The van der Waals surface area contributed by atoms with E-state index in [1.54, 1.807) is 6.07 Å². The minimum Gasteiger partial charge on any atom is -0.478 e. The van der Waals surface area contributed by atoms with E-state index >= 15 is 0 Å². The molecule has 1 aliphatic rings. The van der Waals surface area contributed by atoms with E-state index in [2.05, 4.69) is 15.5 Å². The summed E-state index contributed by atoms with van der Waals surface area (Å²) in [5, 5.41) is 21.3. The zero-order valence-electron chi connectivity index (χ0n) is 18.6. The molecular formula is C25H19ClF2N4O3S. The topological polar surface area (TPSA) is 97.1 Å². The van der Waals surface area contributed by atoms with Crippen LogP contribution in [0.15, 0.2) is 59.8 Å². The number of fused-ring (bicyclic) bond motifs is 1. The monoisotopic (exact) mass is 528 g/mol. The zero-order chi connectivity index (χ0) is 25.4. The van der Waals surface area contributed by atoms with Gasteiger partial charge >= 0.3 is 5.97 Å². The first-order chi connectivity index (χ1) is 17.3. The lowest BCUT2D eigenvalue weighted by Gasteiger charge is -2.15. The van der Waals surface area contributed by atoms with Gasteiger partial charge in [0.2, 0.25) is 11.7 Å². The van der Waals surface area contributed by atoms with Crippen LogP contribution in [-0.2, 0) is 4.79 Å². The highest BCUT2D eigenvalue weighted by Gasteiger charge is 2.28. The van der Waals surface area contributed by atoms with Gasteiger partial charge in [-0.2, -0.15) is 0 Å². The quantitative estimate of drug-likeness (QED) is 0.260. The van der Waals surface area contributed by atoms with Gasteiger partial charge in [0, 0.05) is 5.39 Å². The van der Waals surface area contributed by atoms with Crippen molar-refractivity contribution in [2.75, 3.05) is 11.1 Å². The first-order valence-corrected chi connectivity index (χ1v) is 12.4. The largest absolute Gasteiger partial charge is 0.478 e. The molecule has 36 heavy (non-hydrogen) atoms. The molecule has 3 aromatic carbocycles. The molecule has 0 aliphatic heterocycles. The molecule has 11 heteroatoms. The van der Waals surface area contributed by atoms with Gasteiger partial charge in [-0.05, 0) is 54.0 Å². The smallest absolute Gasteiger partial charge is 0.335 e. The van der Waals surface area contributed by atoms with Gasteiger partial charge < -0.3 is 10.4 Å². The fraction of sp³-hybridized carbons (Fsp3) is 0.200. The highest BCUT2D eigenvalue weighted by molar-refractivity contribution is 7.99. The van der Waals surface area contributed by atoms with Crippen LogP contribution < -0.4 is 5.32 Å². The molecule has 1 amide bonds. The van der Waals surface area contributed by atoms with Crippen LogP contribution in [0.3, 0.4) is 0 Å². The maximum atomic E-state index is 13.9. The van der Waals surface area contributed by atoms with Crippen LogP contribution in [0.25, 0.3) is 16.5 Å². The molecular weight excluding hydrogens is 510 g/mol. The summed E-state index contributed by atoms with van der Waals surface area (Å²) >= 11 is 7.04. The van der Waals surface area contributed by atoms with Gasteiger partial charge in [0.15, 0.2) is 5.16 Å². The Bertz CT molecular complexity index is 1490. The first kappa shape index (κ1) is 24.2. The molecule has 184 valence electrons. The number of carbonyl (C=O) groups is 2. The van der Waals surface area contributed by atoms with Crippen LogP contribution in [0.5, 0.6) is 0 Å². The number of alkyl halides is 2. The highest BCUT2D eigenvalue weighted by atomic mass is 35.5. The van der Waals surface area contributed by atoms with Crippen molar-refractivity contribution >= 4 is 51.7 Å². The molecule has 1 aliphatic carbocycles. The molecule has 2 N–H and O–H groups in total. The number of amides is 1. The lowest BCUT2D eigenvalue weighted by atomic mass is 9.99. The first-order valence-electron chi connectivity index (χ1n) is 11.0. The number of anilines is 1. The number of nitrogens with one attached hydrogen (secondary N) is 1. The van der Waals surface area contributed by atoms with Crippen LogP contribution >= 0.6 is 23.4 Å². The van der Waals surface area contributed by atoms with Gasteiger partial charge in [-0.15, -0.1) is 10.2 Å². The van der Waals surface area contributed by atoms with Crippen LogP contribution in [0, 0.1) is 0 Å². The Labute approximate surface area is 213 Å². The van der Waals surface area contributed by atoms with Crippen molar-refractivity contribution in [1.82, 2.24) is 14.8 Å². The Kier molecular flexibility index (Phi) is 6.63. The SMILES string of the molecule is O=C(CSc1nnc(C(F)F)n1-c1ccc(C2CC2)c2ccccc12)Nc1ccc(C(=O)O)cc1Cl. The number of aromatic nitrogens is 3. The molecule has 0 unspecified atom stereocenters. The summed E-state index contributed by atoms with van der Waals surface area (Å²) in [4.78, 5) is 23.6. The highest BCUT2D eigenvalue weighted by Crippen LogP contribution is 2.44. The number of rotatable bonds is 8. The molecule has 0 atom stereocenters. The fourth-order valence-corrected chi connectivity index (χ4v) is 5.04. The van der Waals surface area contributed by atoms with Gasteiger partial charge in [-0.3, -0.25) is 9.36 Å². The van der Waals surface area contributed by atoms with Crippen LogP contribution in [0.1, 0.15) is 46.9 Å². The number of nitrogens with zero attached hydrogens (tertiary/aromatic N) is 3. The van der Waals surface area contributed by atoms with Crippen LogP contribution in [0.2, 0.25) is 5.02 Å². The predicted octanol–water partition coefficient (Wildman–Crippen LogP) is 6.32. The summed E-state index contributed by atoms with van der Waals surface area (Å²) in [5.41, 5.74) is 1.94. The molecule has 0 radical (unpaired) electrons. The van der Waals surface area contributed by atoms with Crippen molar-refractivity contribution in [3.8, 4) is 5.69 Å². The molecule has 5 rings (SSSR count). The third kappa shape index (κ3) is 4.78. The normalized spacial score (nSPS) is 13.3. The molecule has 1 heterocycles. The van der Waals surface area contributed by atoms with Gasteiger partial charge in [0.05, 0.1) is 27.7 Å². The molecule has 0 bridgehead atoms. The van der Waals surface area contributed by atoms with Crippen molar-refractivity contribution < 1.29 is 23.5 Å². The molecule has 1 aromatic heterocycles. The summed E-state index contributed by atoms with van der Waals surface area (Å²) in [6, 6.07) is 15.4. The van der Waals surface area contributed by atoms with E-state index in [9.17, 15) is 18.4 Å². The number of carboxylic acid groups (broad SMARTS) is 1. The number of aromatic carboxylic acids is 1. The molecule has 7 nitrogen and oxygen atoms in total. The standard InChI is InChI=1S/C25H19ClF2N4O3S/c26-18-11-14(24(34)35)7-9-19(18)29-21(33)12-36-25-31-30-23(22(27)28)32(25)20-10-8-15(13-5-6-13)16-3-1-2-4-17(16)20/h1-4,7-11,13,22H,5-6,12H2,(H,29,33)(H,34,35). The lowest BCUT2D eigenvalue weighted by Crippen LogP contribution is -2.15. The van der Waals surface area contributed by atoms with E-state index in [4.69, 9.17) is 16.7 Å². The Morgan fingerprint density at radius 3 is 2.53 bits per heavy atom. The molecule has 0 spiro atoms. The van der Waals surface area contributed by atoms with Crippen LogP contribution in [-0.4, -0.2) is 37.5 Å². The Morgan fingerprint density at radius 2 is 1.86 bits per heavy atom. The van der Waals surface area contributed by atoms with E-state index in [0.717, 1.165) is 35.4 Å². The Morgan fingerprint density at radius 1 is 1.11 bits per heavy atom.